The van der Waals surface area contributed by atoms with Gasteiger partial charge in [0.15, 0.2) is 0 Å². The number of hydrogen-bond donors (Lipinski definition) is 1. The molecule has 0 bridgehead atoms. The molecule has 5 nitrogen and oxygen atoms in total. The molecule has 2 rings (SSSR count). The van der Waals surface area contributed by atoms with Crippen LogP contribution in [-0.4, -0.2) is 65.6 Å². The maximum Gasteiger partial charge on any atom is 0.148 e. The maximum absolute atomic E-state index is 6.00. The number of hydrogen-bond acceptors (Lipinski definition) is 5. The average molecular weight is 377 g/mol. The fraction of sp³-hybridized carbons (Fsp3) is 0.714. The summed E-state index contributed by atoms with van der Waals surface area (Å²) in [7, 11) is 2.18. The van der Waals surface area contributed by atoms with Gasteiger partial charge in [0.1, 0.15) is 17.3 Å². The highest BCUT2D eigenvalue weighted by Crippen LogP contribution is 2.26. The highest BCUT2D eigenvalue weighted by atomic mass is 79.9. The van der Waals surface area contributed by atoms with Crippen LogP contribution in [0, 0.1) is 5.92 Å². The van der Waals surface area contributed by atoms with Crippen LogP contribution in [0.25, 0.3) is 0 Å². The van der Waals surface area contributed by atoms with Crippen LogP contribution in [0.15, 0.2) is 10.8 Å². The number of rotatable bonds is 5. The standard InChI is InChI=1S/C14H23BrClN5/c1-10(2)11(21-6-4-20(3)5-7-21)8-17-14-12(15)13(16)18-9-19-14/h9-11H,4-8H2,1-3H3,(H,17,18,19). The lowest BCUT2D eigenvalue weighted by Gasteiger charge is -2.40. The monoisotopic (exact) mass is 375 g/mol. The van der Waals surface area contributed by atoms with Gasteiger partial charge in [-0.3, -0.25) is 4.90 Å². The van der Waals surface area contributed by atoms with E-state index in [4.69, 9.17) is 11.6 Å². The third-order valence-corrected chi connectivity index (χ3v) is 5.27. The topological polar surface area (TPSA) is 44.3 Å². The smallest absolute Gasteiger partial charge is 0.148 e. The van der Waals surface area contributed by atoms with Gasteiger partial charge in [-0.25, -0.2) is 9.97 Å². The molecule has 1 saturated heterocycles. The normalized spacial score (nSPS) is 19.0. The van der Waals surface area contributed by atoms with Crippen LogP contribution >= 0.6 is 27.5 Å². The minimum atomic E-state index is 0.438. The SMILES string of the molecule is CC(C)C(CNc1ncnc(Cl)c1Br)N1CCN(C)CC1. The fourth-order valence-electron chi connectivity index (χ4n) is 2.61. The summed E-state index contributed by atoms with van der Waals surface area (Å²) >= 11 is 9.43. The van der Waals surface area contributed by atoms with Crippen molar-refractivity contribution in [2.75, 3.05) is 45.1 Å². The summed E-state index contributed by atoms with van der Waals surface area (Å²) in [5, 5.41) is 3.84. The summed E-state index contributed by atoms with van der Waals surface area (Å²) < 4.78 is 0.729. The first-order chi connectivity index (χ1) is 9.99. The largest absolute Gasteiger partial charge is 0.367 e. The minimum Gasteiger partial charge on any atom is -0.367 e. The van der Waals surface area contributed by atoms with Crippen LogP contribution < -0.4 is 5.32 Å². The number of anilines is 1. The van der Waals surface area contributed by atoms with Crippen molar-refractivity contribution in [1.29, 1.82) is 0 Å². The predicted octanol–water partition coefficient (Wildman–Crippen LogP) is 2.58. The second-order valence-electron chi connectivity index (χ2n) is 5.86. The molecular weight excluding hydrogens is 354 g/mol. The van der Waals surface area contributed by atoms with Crippen LogP contribution in [0.3, 0.4) is 0 Å². The van der Waals surface area contributed by atoms with Crippen molar-refractivity contribution in [3.63, 3.8) is 0 Å². The Balaban J connectivity index is 1.98. The van der Waals surface area contributed by atoms with Gasteiger partial charge in [-0.2, -0.15) is 0 Å². The number of likely N-dealkylation sites (N-methyl/N-ethyl adjacent to an activating group) is 1. The van der Waals surface area contributed by atoms with E-state index in [-0.39, 0.29) is 0 Å². The zero-order chi connectivity index (χ0) is 15.4. The van der Waals surface area contributed by atoms with E-state index in [0.29, 0.717) is 17.1 Å². The van der Waals surface area contributed by atoms with Crippen molar-refractivity contribution >= 4 is 33.3 Å². The molecule has 0 saturated carbocycles. The molecule has 1 aromatic rings. The minimum absolute atomic E-state index is 0.438. The summed E-state index contributed by atoms with van der Waals surface area (Å²) in [5.41, 5.74) is 0. The molecule has 0 aliphatic carbocycles. The van der Waals surface area contributed by atoms with Crippen molar-refractivity contribution in [3.05, 3.63) is 16.0 Å². The number of nitrogens with one attached hydrogen (secondary N) is 1. The van der Waals surface area contributed by atoms with E-state index < -0.39 is 0 Å². The lowest BCUT2D eigenvalue weighted by atomic mass is 10.0. The van der Waals surface area contributed by atoms with E-state index in [0.717, 1.165) is 43.0 Å². The van der Waals surface area contributed by atoms with Gasteiger partial charge >= 0.3 is 0 Å². The second-order valence-corrected chi connectivity index (χ2v) is 7.01. The van der Waals surface area contributed by atoms with Gasteiger partial charge in [0.2, 0.25) is 0 Å². The lowest BCUT2D eigenvalue weighted by molar-refractivity contribution is 0.0944. The molecular formula is C14H23BrClN5. The molecule has 21 heavy (non-hydrogen) atoms. The molecule has 0 spiro atoms. The van der Waals surface area contributed by atoms with Crippen molar-refractivity contribution < 1.29 is 0 Å². The molecule has 1 aromatic heterocycles. The van der Waals surface area contributed by atoms with E-state index in [1.54, 1.807) is 0 Å². The Kier molecular flexibility index (Phi) is 6.22. The van der Waals surface area contributed by atoms with Gasteiger partial charge < -0.3 is 10.2 Å². The second kappa shape index (κ2) is 7.72. The quantitative estimate of drug-likeness (QED) is 0.800. The van der Waals surface area contributed by atoms with Gasteiger partial charge in [-0.05, 0) is 28.9 Å². The Morgan fingerprint density at radius 3 is 2.57 bits per heavy atom. The average Bonchev–Trinajstić information content (AvgIpc) is 2.45. The summed E-state index contributed by atoms with van der Waals surface area (Å²) in [4.78, 5) is 13.1. The van der Waals surface area contributed by atoms with Crippen molar-refractivity contribution in [1.82, 2.24) is 19.8 Å². The fourth-order valence-corrected chi connectivity index (χ4v) is 3.09. The molecule has 118 valence electrons. The molecule has 0 radical (unpaired) electrons. The first-order valence-electron chi connectivity index (χ1n) is 7.31. The van der Waals surface area contributed by atoms with Gasteiger partial charge in [0, 0.05) is 38.8 Å². The molecule has 1 fully saturated rings. The van der Waals surface area contributed by atoms with E-state index >= 15 is 0 Å². The van der Waals surface area contributed by atoms with E-state index in [1.165, 1.54) is 6.33 Å². The molecule has 0 amide bonds. The van der Waals surface area contributed by atoms with Crippen molar-refractivity contribution in [2.45, 2.75) is 19.9 Å². The molecule has 1 aliphatic heterocycles. The summed E-state index contributed by atoms with van der Waals surface area (Å²) in [6, 6.07) is 0.486. The Morgan fingerprint density at radius 1 is 1.29 bits per heavy atom. The Bertz CT molecular complexity index is 463. The van der Waals surface area contributed by atoms with Gasteiger partial charge in [-0.15, -0.1) is 0 Å². The predicted molar refractivity (Wildman–Crippen MR) is 90.9 cm³/mol. The molecule has 1 unspecified atom stereocenters. The van der Waals surface area contributed by atoms with Crippen LogP contribution in [0.5, 0.6) is 0 Å². The Morgan fingerprint density at radius 2 is 1.95 bits per heavy atom. The number of nitrogens with zero attached hydrogens (tertiary/aromatic N) is 4. The maximum atomic E-state index is 6.00. The van der Waals surface area contributed by atoms with Gasteiger partial charge in [-0.1, -0.05) is 25.4 Å². The van der Waals surface area contributed by atoms with Crippen molar-refractivity contribution in [3.8, 4) is 0 Å². The van der Waals surface area contributed by atoms with E-state index in [9.17, 15) is 0 Å². The Labute approximate surface area is 140 Å². The summed E-state index contributed by atoms with van der Waals surface area (Å²) in [6.45, 7) is 9.89. The van der Waals surface area contributed by atoms with Crippen LogP contribution in [-0.2, 0) is 0 Å². The third kappa shape index (κ3) is 4.52. The highest BCUT2D eigenvalue weighted by molar-refractivity contribution is 9.10. The van der Waals surface area contributed by atoms with Crippen LogP contribution in [0.2, 0.25) is 5.15 Å². The third-order valence-electron chi connectivity index (χ3n) is 4.00. The number of piperazine rings is 1. The highest BCUT2D eigenvalue weighted by Gasteiger charge is 2.25. The van der Waals surface area contributed by atoms with Crippen LogP contribution in [0.4, 0.5) is 5.82 Å². The first-order valence-corrected chi connectivity index (χ1v) is 8.48. The van der Waals surface area contributed by atoms with Gasteiger partial charge in [0.05, 0.1) is 4.47 Å². The molecule has 0 aromatic carbocycles. The molecule has 7 heteroatoms. The summed E-state index contributed by atoms with van der Waals surface area (Å²) in [5.74, 6) is 1.34. The number of aromatic nitrogens is 2. The van der Waals surface area contributed by atoms with Crippen molar-refractivity contribution in [2.24, 2.45) is 5.92 Å². The Hall–Kier alpha value is -0.430. The van der Waals surface area contributed by atoms with E-state index in [2.05, 4.69) is 61.9 Å². The molecule has 1 atom stereocenters. The first kappa shape index (κ1) is 16.9. The lowest BCUT2D eigenvalue weighted by Crippen LogP contribution is -2.52. The zero-order valence-corrected chi connectivity index (χ0v) is 15.2. The zero-order valence-electron chi connectivity index (χ0n) is 12.8. The molecule has 1 N–H and O–H groups in total. The van der Waals surface area contributed by atoms with Gasteiger partial charge in [0.25, 0.3) is 0 Å². The van der Waals surface area contributed by atoms with Crippen LogP contribution in [0.1, 0.15) is 13.8 Å². The molecule has 2 heterocycles. The molecule has 1 aliphatic rings. The van der Waals surface area contributed by atoms with E-state index in [1.807, 2.05) is 0 Å². The number of halogens is 2. The summed E-state index contributed by atoms with van der Waals surface area (Å²) in [6.07, 6.45) is 1.48.